The van der Waals surface area contributed by atoms with Gasteiger partial charge >= 0.3 is 0 Å². The minimum Gasteiger partial charge on any atom is -0.343 e. The van der Waals surface area contributed by atoms with Crippen molar-refractivity contribution in [3.8, 4) is 6.07 Å². The molecule has 0 saturated carbocycles. The van der Waals surface area contributed by atoms with Gasteiger partial charge in [0.25, 0.3) is 0 Å². The van der Waals surface area contributed by atoms with Crippen molar-refractivity contribution in [2.45, 2.75) is 19.5 Å². The van der Waals surface area contributed by atoms with Crippen LogP contribution in [0.2, 0.25) is 0 Å². The SMILES string of the molecule is CCP(=O)(O)C(C)C#N. The number of nitrogens with zero attached hydrogens (tertiary/aromatic N) is 1. The zero-order chi connectivity index (χ0) is 7.49. The molecule has 0 aromatic heterocycles. The third-order valence-electron chi connectivity index (χ3n) is 1.25. The molecule has 0 saturated heterocycles. The standard InChI is InChI=1S/C5H10NO2P/c1-3-9(7,8)5(2)4-6/h5H,3H2,1-2H3,(H,7,8). The lowest BCUT2D eigenvalue weighted by molar-refractivity contribution is 0.474. The Bertz CT molecular complexity index is 172. The highest BCUT2D eigenvalue weighted by molar-refractivity contribution is 7.59. The van der Waals surface area contributed by atoms with Crippen molar-refractivity contribution >= 4 is 7.37 Å². The molecule has 0 aromatic rings. The zero-order valence-corrected chi connectivity index (χ0v) is 6.43. The molecule has 52 valence electrons. The van der Waals surface area contributed by atoms with Crippen LogP contribution in [0.25, 0.3) is 0 Å². The summed E-state index contributed by atoms with van der Waals surface area (Å²) in [5.41, 5.74) is -0.720. The van der Waals surface area contributed by atoms with E-state index in [4.69, 9.17) is 10.2 Å². The van der Waals surface area contributed by atoms with Crippen LogP contribution in [0.5, 0.6) is 0 Å². The van der Waals surface area contributed by atoms with Gasteiger partial charge in [-0.1, -0.05) is 6.92 Å². The normalized spacial score (nSPS) is 19.8. The highest BCUT2D eigenvalue weighted by Crippen LogP contribution is 2.44. The van der Waals surface area contributed by atoms with Crippen LogP contribution < -0.4 is 0 Å². The first-order valence-electron chi connectivity index (χ1n) is 2.75. The molecule has 1 N–H and O–H groups in total. The van der Waals surface area contributed by atoms with E-state index in [1.807, 2.05) is 0 Å². The van der Waals surface area contributed by atoms with Gasteiger partial charge in [-0.25, -0.2) is 0 Å². The summed E-state index contributed by atoms with van der Waals surface area (Å²) in [5.74, 6) is 0. The van der Waals surface area contributed by atoms with Crippen molar-refractivity contribution in [3.63, 3.8) is 0 Å². The number of nitriles is 1. The lowest BCUT2D eigenvalue weighted by Crippen LogP contribution is -2.00. The third-order valence-corrected chi connectivity index (χ3v) is 3.48. The van der Waals surface area contributed by atoms with E-state index >= 15 is 0 Å². The van der Waals surface area contributed by atoms with E-state index in [0.29, 0.717) is 0 Å². The molecule has 0 aliphatic carbocycles. The second-order valence-electron chi connectivity index (χ2n) is 1.88. The van der Waals surface area contributed by atoms with Crippen molar-refractivity contribution < 1.29 is 9.46 Å². The minimum atomic E-state index is -3.13. The number of hydrogen-bond donors (Lipinski definition) is 1. The summed E-state index contributed by atoms with van der Waals surface area (Å²) in [4.78, 5) is 8.92. The molecule has 0 aliphatic heterocycles. The Morgan fingerprint density at radius 1 is 1.89 bits per heavy atom. The summed E-state index contributed by atoms with van der Waals surface area (Å²) in [6, 6.07) is 1.74. The monoisotopic (exact) mass is 147 g/mol. The highest BCUT2D eigenvalue weighted by atomic mass is 31.2. The lowest BCUT2D eigenvalue weighted by atomic mass is 10.5. The molecule has 0 spiro atoms. The maximum atomic E-state index is 10.8. The first-order chi connectivity index (χ1) is 4.04. The summed E-state index contributed by atoms with van der Waals surface area (Å²) in [5, 5.41) is 8.22. The van der Waals surface area contributed by atoms with Gasteiger partial charge in [0, 0.05) is 6.16 Å². The zero-order valence-electron chi connectivity index (χ0n) is 5.53. The quantitative estimate of drug-likeness (QED) is 0.596. The molecule has 9 heavy (non-hydrogen) atoms. The molecular weight excluding hydrogens is 137 g/mol. The molecule has 2 unspecified atom stereocenters. The van der Waals surface area contributed by atoms with Crippen LogP contribution in [-0.2, 0) is 4.57 Å². The van der Waals surface area contributed by atoms with Gasteiger partial charge in [0.15, 0.2) is 0 Å². The van der Waals surface area contributed by atoms with Crippen molar-refractivity contribution in [1.29, 1.82) is 5.26 Å². The van der Waals surface area contributed by atoms with E-state index < -0.39 is 13.0 Å². The third kappa shape index (κ3) is 2.17. The van der Waals surface area contributed by atoms with Gasteiger partial charge in [0.2, 0.25) is 7.37 Å². The summed E-state index contributed by atoms with van der Waals surface area (Å²) >= 11 is 0. The van der Waals surface area contributed by atoms with Crippen molar-refractivity contribution in [3.05, 3.63) is 0 Å². The van der Waals surface area contributed by atoms with Crippen LogP contribution in [0.3, 0.4) is 0 Å². The van der Waals surface area contributed by atoms with Crippen LogP contribution in [0.15, 0.2) is 0 Å². The van der Waals surface area contributed by atoms with Gasteiger partial charge < -0.3 is 4.89 Å². The molecule has 0 fully saturated rings. The van der Waals surface area contributed by atoms with Crippen LogP contribution in [0, 0.1) is 11.3 Å². The van der Waals surface area contributed by atoms with Crippen LogP contribution in [0.4, 0.5) is 0 Å². The van der Waals surface area contributed by atoms with E-state index in [-0.39, 0.29) is 6.16 Å². The molecule has 0 heterocycles. The molecular formula is C5H10NO2P. The molecule has 0 rings (SSSR count). The van der Waals surface area contributed by atoms with Crippen LogP contribution in [-0.4, -0.2) is 16.7 Å². The fourth-order valence-electron chi connectivity index (χ4n) is 0.364. The molecule has 0 aromatic carbocycles. The molecule has 3 nitrogen and oxygen atoms in total. The Kier molecular flexibility index (Phi) is 2.90. The molecule has 0 bridgehead atoms. The van der Waals surface area contributed by atoms with E-state index in [0.717, 1.165) is 0 Å². The minimum absolute atomic E-state index is 0.182. The van der Waals surface area contributed by atoms with Gasteiger partial charge in [-0.05, 0) is 6.92 Å². The van der Waals surface area contributed by atoms with Crippen molar-refractivity contribution in [1.82, 2.24) is 0 Å². The van der Waals surface area contributed by atoms with E-state index in [1.165, 1.54) is 6.92 Å². The Balaban J connectivity index is 4.20. The van der Waals surface area contributed by atoms with Gasteiger partial charge in [0.1, 0.15) is 5.66 Å². The highest BCUT2D eigenvalue weighted by Gasteiger charge is 2.23. The second-order valence-corrected chi connectivity index (χ2v) is 4.80. The Hall–Kier alpha value is -0.320. The molecule has 2 atom stereocenters. The Morgan fingerprint density at radius 3 is 2.44 bits per heavy atom. The predicted octanol–water partition coefficient (Wildman–Crippen LogP) is 1.19. The fourth-order valence-corrected chi connectivity index (χ4v) is 1.09. The summed E-state index contributed by atoms with van der Waals surface area (Å²) in [6.45, 7) is 3.07. The fraction of sp³-hybridized carbons (Fsp3) is 0.800. The van der Waals surface area contributed by atoms with Crippen LogP contribution in [0.1, 0.15) is 13.8 Å². The predicted molar refractivity (Wildman–Crippen MR) is 35.4 cm³/mol. The van der Waals surface area contributed by atoms with E-state index in [9.17, 15) is 4.57 Å². The van der Waals surface area contributed by atoms with Crippen molar-refractivity contribution in [2.24, 2.45) is 0 Å². The molecule has 0 amide bonds. The topological polar surface area (TPSA) is 61.1 Å². The maximum absolute atomic E-state index is 10.8. The van der Waals surface area contributed by atoms with E-state index in [2.05, 4.69) is 0 Å². The van der Waals surface area contributed by atoms with Gasteiger partial charge in [-0.3, -0.25) is 4.57 Å². The van der Waals surface area contributed by atoms with Gasteiger partial charge in [0.05, 0.1) is 6.07 Å². The summed E-state index contributed by atoms with van der Waals surface area (Å²) < 4.78 is 10.8. The number of rotatable bonds is 2. The van der Waals surface area contributed by atoms with Crippen LogP contribution >= 0.6 is 7.37 Å². The number of hydrogen-bond acceptors (Lipinski definition) is 2. The second kappa shape index (κ2) is 3.00. The summed E-state index contributed by atoms with van der Waals surface area (Å²) in [6.07, 6.45) is 0.182. The molecule has 0 radical (unpaired) electrons. The van der Waals surface area contributed by atoms with E-state index in [1.54, 1.807) is 13.0 Å². The first kappa shape index (κ1) is 8.68. The smallest absolute Gasteiger partial charge is 0.216 e. The largest absolute Gasteiger partial charge is 0.343 e. The maximum Gasteiger partial charge on any atom is 0.216 e. The average molecular weight is 147 g/mol. The average Bonchev–Trinajstić information content (AvgIpc) is 1.86. The Labute approximate surface area is 54.8 Å². The van der Waals surface area contributed by atoms with Gasteiger partial charge in [-0.2, -0.15) is 5.26 Å². The lowest BCUT2D eigenvalue weighted by Gasteiger charge is -2.08. The first-order valence-corrected chi connectivity index (χ1v) is 4.67. The molecule has 4 heteroatoms. The Morgan fingerprint density at radius 2 is 2.33 bits per heavy atom. The van der Waals surface area contributed by atoms with Gasteiger partial charge in [-0.15, -0.1) is 0 Å². The van der Waals surface area contributed by atoms with Crippen molar-refractivity contribution in [2.75, 3.05) is 6.16 Å². The molecule has 0 aliphatic rings. The summed E-state index contributed by atoms with van der Waals surface area (Å²) in [7, 11) is -3.13.